The number of anilines is 1. The lowest BCUT2D eigenvalue weighted by Crippen LogP contribution is -2.39. The maximum absolute atomic E-state index is 14.2. The molecule has 0 radical (unpaired) electrons. The third-order valence-corrected chi connectivity index (χ3v) is 6.01. The Kier molecular flexibility index (Phi) is 6.62. The van der Waals surface area contributed by atoms with Gasteiger partial charge in [0, 0.05) is 18.3 Å². The van der Waals surface area contributed by atoms with Crippen LogP contribution in [0.4, 0.5) is 10.1 Å². The van der Waals surface area contributed by atoms with Crippen LogP contribution in [0.1, 0.15) is 40.0 Å². The molecule has 1 aromatic rings. The number of sulfonamides is 1. The number of nitrogens with zero attached hydrogens (tertiary/aromatic N) is 1. The molecular formula is C14H22BrFN2O2S. The van der Waals surface area contributed by atoms with Gasteiger partial charge in [-0.25, -0.2) is 12.8 Å². The lowest BCUT2D eigenvalue weighted by Gasteiger charge is -2.28. The molecule has 1 atom stereocenters. The van der Waals surface area contributed by atoms with Crippen molar-refractivity contribution in [3.8, 4) is 0 Å². The van der Waals surface area contributed by atoms with Crippen molar-refractivity contribution in [2.45, 2.75) is 51.0 Å². The van der Waals surface area contributed by atoms with Gasteiger partial charge in [-0.1, -0.05) is 20.3 Å². The Balaban J connectivity index is 3.35. The highest BCUT2D eigenvalue weighted by Gasteiger charge is 2.31. The first-order valence-corrected chi connectivity index (χ1v) is 9.25. The minimum Gasteiger partial charge on any atom is -0.399 e. The van der Waals surface area contributed by atoms with Crippen molar-refractivity contribution < 1.29 is 12.8 Å². The van der Waals surface area contributed by atoms with Crippen LogP contribution in [0.3, 0.4) is 0 Å². The first-order valence-electron chi connectivity index (χ1n) is 7.02. The van der Waals surface area contributed by atoms with Crippen LogP contribution in [-0.2, 0) is 10.0 Å². The molecular weight excluding hydrogens is 359 g/mol. The van der Waals surface area contributed by atoms with Gasteiger partial charge in [0.05, 0.1) is 4.47 Å². The Morgan fingerprint density at radius 1 is 1.38 bits per heavy atom. The van der Waals surface area contributed by atoms with E-state index in [1.165, 1.54) is 16.4 Å². The maximum atomic E-state index is 14.2. The van der Waals surface area contributed by atoms with E-state index in [4.69, 9.17) is 5.73 Å². The van der Waals surface area contributed by atoms with Crippen LogP contribution < -0.4 is 5.73 Å². The molecule has 0 saturated carbocycles. The molecule has 0 aliphatic carbocycles. The van der Waals surface area contributed by atoms with Gasteiger partial charge in [-0.3, -0.25) is 0 Å². The molecule has 4 nitrogen and oxygen atoms in total. The highest BCUT2D eigenvalue weighted by Crippen LogP contribution is 2.29. The molecule has 1 rings (SSSR count). The van der Waals surface area contributed by atoms with Gasteiger partial charge in [-0.2, -0.15) is 4.31 Å². The van der Waals surface area contributed by atoms with Gasteiger partial charge < -0.3 is 5.73 Å². The second-order valence-electron chi connectivity index (χ2n) is 5.04. The molecule has 1 unspecified atom stereocenters. The molecule has 0 fully saturated rings. The summed E-state index contributed by atoms with van der Waals surface area (Å²) in [6.07, 6.45) is 2.26. The smallest absolute Gasteiger partial charge is 0.246 e. The minimum absolute atomic E-state index is 0.0562. The molecule has 7 heteroatoms. The molecule has 0 aromatic heterocycles. The lowest BCUT2D eigenvalue weighted by molar-refractivity contribution is 0.322. The van der Waals surface area contributed by atoms with E-state index in [-0.39, 0.29) is 21.1 Å². The van der Waals surface area contributed by atoms with E-state index in [2.05, 4.69) is 15.9 Å². The molecule has 0 saturated heterocycles. The summed E-state index contributed by atoms with van der Waals surface area (Å²) in [6, 6.07) is 2.34. The highest BCUT2D eigenvalue weighted by atomic mass is 79.9. The summed E-state index contributed by atoms with van der Waals surface area (Å²) >= 11 is 3.01. The SMILES string of the molecule is CCCCN(C(C)CC)S(=O)(=O)c1cc(N)cc(Br)c1F. The molecule has 120 valence electrons. The van der Waals surface area contributed by atoms with E-state index in [1.54, 1.807) is 0 Å². The predicted octanol–water partition coefficient (Wildman–Crippen LogP) is 3.76. The lowest BCUT2D eigenvalue weighted by atomic mass is 10.2. The van der Waals surface area contributed by atoms with Crippen LogP contribution in [0, 0.1) is 5.82 Å². The standard InChI is InChI=1S/C14H22BrFN2O2S/c1-4-6-7-18(10(3)5-2)21(19,20)13-9-11(17)8-12(15)14(13)16/h8-10H,4-7,17H2,1-3H3. The van der Waals surface area contributed by atoms with E-state index >= 15 is 0 Å². The third-order valence-electron chi connectivity index (χ3n) is 3.42. The first-order chi connectivity index (χ1) is 9.75. The molecule has 0 heterocycles. The predicted molar refractivity (Wildman–Crippen MR) is 87.1 cm³/mol. The van der Waals surface area contributed by atoms with Gasteiger partial charge in [-0.05, 0) is 47.8 Å². The molecule has 2 N–H and O–H groups in total. The summed E-state index contributed by atoms with van der Waals surface area (Å²) in [5, 5.41) is 0. The van der Waals surface area contributed by atoms with E-state index < -0.39 is 15.8 Å². The molecule has 21 heavy (non-hydrogen) atoms. The maximum Gasteiger partial charge on any atom is 0.246 e. The number of benzene rings is 1. The van der Waals surface area contributed by atoms with Crippen molar-refractivity contribution in [1.29, 1.82) is 0 Å². The Labute approximate surface area is 134 Å². The van der Waals surface area contributed by atoms with Crippen LogP contribution >= 0.6 is 15.9 Å². The number of nitrogens with two attached hydrogens (primary N) is 1. The number of hydrogen-bond donors (Lipinski definition) is 1. The average molecular weight is 381 g/mol. The second-order valence-corrected chi connectivity index (χ2v) is 7.75. The Hall–Kier alpha value is -0.660. The number of unbranched alkanes of at least 4 members (excludes halogenated alkanes) is 1. The van der Waals surface area contributed by atoms with Crippen molar-refractivity contribution in [1.82, 2.24) is 4.31 Å². The van der Waals surface area contributed by atoms with Crippen LogP contribution in [0.25, 0.3) is 0 Å². The van der Waals surface area contributed by atoms with Crippen LogP contribution in [0.5, 0.6) is 0 Å². The van der Waals surface area contributed by atoms with Gasteiger partial charge in [0.1, 0.15) is 4.90 Å². The number of rotatable bonds is 7. The molecule has 0 amide bonds. The summed E-state index contributed by atoms with van der Waals surface area (Å²) in [7, 11) is -3.91. The monoisotopic (exact) mass is 380 g/mol. The first kappa shape index (κ1) is 18.4. The Morgan fingerprint density at radius 2 is 2.00 bits per heavy atom. The van der Waals surface area contributed by atoms with Crippen molar-refractivity contribution in [2.75, 3.05) is 12.3 Å². The van der Waals surface area contributed by atoms with Crippen LogP contribution in [0.2, 0.25) is 0 Å². The van der Waals surface area contributed by atoms with Gasteiger partial charge >= 0.3 is 0 Å². The topological polar surface area (TPSA) is 63.4 Å². The zero-order valence-corrected chi connectivity index (χ0v) is 15.0. The summed E-state index contributed by atoms with van der Waals surface area (Å²) in [6.45, 7) is 6.09. The summed E-state index contributed by atoms with van der Waals surface area (Å²) in [5.74, 6) is -0.797. The average Bonchev–Trinajstić information content (AvgIpc) is 2.42. The van der Waals surface area contributed by atoms with E-state index in [1.807, 2.05) is 20.8 Å². The normalized spacial score (nSPS) is 13.6. The largest absolute Gasteiger partial charge is 0.399 e. The molecule has 0 spiro atoms. The van der Waals surface area contributed by atoms with Crippen molar-refractivity contribution in [2.24, 2.45) is 0 Å². The van der Waals surface area contributed by atoms with Crippen LogP contribution in [-0.4, -0.2) is 25.3 Å². The fourth-order valence-corrected chi connectivity index (χ4v) is 4.47. The highest BCUT2D eigenvalue weighted by molar-refractivity contribution is 9.10. The molecule has 0 aliphatic rings. The Morgan fingerprint density at radius 3 is 2.52 bits per heavy atom. The second kappa shape index (κ2) is 7.56. The number of halogens is 2. The van der Waals surface area contributed by atoms with Gasteiger partial charge in [-0.15, -0.1) is 0 Å². The van der Waals surface area contributed by atoms with Crippen molar-refractivity contribution >= 4 is 31.6 Å². The summed E-state index contributed by atoms with van der Waals surface area (Å²) in [4.78, 5) is -0.370. The summed E-state index contributed by atoms with van der Waals surface area (Å²) < 4.78 is 41.2. The quantitative estimate of drug-likeness (QED) is 0.732. The third kappa shape index (κ3) is 4.17. The van der Waals surface area contributed by atoms with Gasteiger partial charge in [0.2, 0.25) is 10.0 Å². The molecule has 0 bridgehead atoms. The fourth-order valence-electron chi connectivity index (χ4n) is 1.99. The van der Waals surface area contributed by atoms with Gasteiger partial charge in [0.15, 0.2) is 5.82 Å². The summed E-state index contributed by atoms with van der Waals surface area (Å²) in [5.41, 5.74) is 5.86. The van der Waals surface area contributed by atoms with E-state index in [0.717, 1.165) is 12.8 Å². The minimum atomic E-state index is -3.91. The fraction of sp³-hybridized carbons (Fsp3) is 0.571. The number of nitrogen functional groups attached to an aromatic ring is 1. The van der Waals surface area contributed by atoms with E-state index in [9.17, 15) is 12.8 Å². The number of hydrogen-bond acceptors (Lipinski definition) is 3. The molecule has 1 aromatic carbocycles. The van der Waals surface area contributed by atoms with Crippen molar-refractivity contribution in [3.05, 3.63) is 22.4 Å². The zero-order valence-electron chi connectivity index (χ0n) is 12.6. The molecule has 0 aliphatic heterocycles. The van der Waals surface area contributed by atoms with Crippen molar-refractivity contribution in [3.63, 3.8) is 0 Å². The van der Waals surface area contributed by atoms with Crippen LogP contribution in [0.15, 0.2) is 21.5 Å². The van der Waals surface area contributed by atoms with E-state index in [0.29, 0.717) is 13.0 Å². The Bertz CT molecular complexity index is 593. The van der Waals surface area contributed by atoms with Gasteiger partial charge in [0.25, 0.3) is 0 Å². The zero-order chi connectivity index (χ0) is 16.2.